The van der Waals surface area contributed by atoms with Gasteiger partial charge in [-0.15, -0.1) is 11.3 Å². The van der Waals surface area contributed by atoms with E-state index in [2.05, 4.69) is 24.1 Å². The van der Waals surface area contributed by atoms with Gasteiger partial charge < -0.3 is 10.2 Å². The molecule has 2 heterocycles. The van der Waals surface area contributed by atoms with E-state index in [9.17, 15) is 0 Å². The molecule has 1 saturated heterocycles. The Kier molecular flexibility index (Phi) is 4.32. The van der Waals surface area contributed by atoms with Crippen molar-refractivity contribution < 1.29 is 0 Å². The number of anilines is 1. The van der Waals surface area contributed by atoms with E-state index in [4.69, 9.17) is 4.98 Å². The summed E-state index contributed by atoms with van der Waals surface area (Å²) >= 11 is 1.90. The van der Waals surface area contributed by atoms with Crippen LogP contribution in [0.5, 0.6) is 0 Å². The van der Waals surface area contributed by atoms with Crippen LogP contribution in [0.3, 0.4) is 0 Å². The van der Waals surface area contributed by atoms with Crippen LogP contribution in [0.15, 0.2) is 0 Å². The van der Waals surface area contributed by atoms with E-state index in [0.717, 1.165) is 12.0 Å². The van der Waals surface area contributed by atoms with Crippen molar-refractivity contribution in [3.63, 3.8) is 0 Å². The Morgan fingerprint density at radius 3 is 2.70 bits per heavy atom. The highest BCUT2D eigenvalue weighted by Crippen LogP contribution is 2.40. The number of hydrogen-bond acceptors (Lipinski definition) is 4. The number of aryl methyl sites for hydroxylation is 1. The fourth-order valence-corrected chi connectivity index (χ4v) is 5.12. The van der Waals surface area contributed by atoms with Crippen molar-refractivity contribution in [1.82, 2.24) is 10.3 Å². The van der Waals surface area contributed by atoms with Gasteiger partial charge in [-0.05, 0) is 52.5 Å². The fourth-order valence-electron chi connectivity index (χ4n) is 3.91. The van der Waals surface area contributed by atoms with E-state index in [0.29, 0.717) is 6.04 Å². The van der Waals surface area contributed by atoms with Crippen molar-refractivity contribution >= 4 is 16.5 Å². The van der Waals surface area contributed by atoms with E-state index < -0.39 is 0 Å². The maximum atomic E-state index is 4.89. The van der Waals surface area contributed by atoms with Gasteiger partial charge in [-0.3, -0.25) is 0 Å². The molecule has 0 aromatic carbocycles. The number of rotatable bonds is 4. The minimum atomic E-state index is 0.411. The highest BCUT2D eigenvalue weighted by molar-refractivity contribution is 7.15. The summed E-state index contributed by atoms with van der Waals surface area (Å²) in [5.74, 6) is 0.923. The molecule has 4 heteroatoms. The second-order valence-corrected chi connectivity index (χ2v) is 7.41. The van der Waals surface area contributed by atoms with Gasteiger partial charge in [0, 0.05) is 23.5 Å². The first-order valence-corrected chi connectivity index (χ1v) is 8.93. The molecule has 0 bridgehead atoms. The first kappa shape index (κ1) is 14.3. The number of hydrogen-bond donors (Lipinski definition) is 1. The van der Waals surface area contributed by atoms with Gasteiger partial charge in [-0.2, -0.15) is 0 Å². The van der Waals surface area contributed by atoms with Crippen LogP contribution in [0.1, 0.15) is 62.1 Å². The van der Waals surface area contributed by atoms with Crippen LogP contribution in [0, 0.1) is 12.8 Å². The molecule has 2 fully saturated rings. The van der Waals surface area contributed by atoms with Gasteiger partial charge in [0.15, 0.2) is 5.13 Å². The third-order valence-corrected chi connectivity index (χ3v) is 6.51. The molecular weight excluding hydrogens is 266 g/mol. The molecule has 0 amide bonds. The first-order chi connectivity index (χ1) is 9.70. The van der Waals surface area contributed by atoms with Gasteiger partial charge in [0.05, 0.1) is 5.69 Å². The number of nitrogens with zero attached hydrogens (tertiary/aromatic N) is 2. The Labute approximate surface area is 126 Å². The number of thiazole rings is 1. The van der Waals surface area contributed by atoms with Gasteiger partial charge in [0.1, 0.15) is 0 Å². The molecular formula is C16H27N3S. The van der Waals surface area contributed by atoms with Gasteiger partial charge >= 0.3 is 0 Å². The fraction of sp³-hybridized carbons (Fsp3) is 0.812. The highest BCUT2D eigenvalue weighted by Gasteiger charge is 2.35. The summed E-state index contributed by atoms with van der Waals surface area (Å²) in [4.78, 5) is 8.91. The van der Waals surface area contributed by atoms with E-state index in [-0.39, 0.29) is 0 Å². The third kappa shape index (κ3) is 2.60. The van der Waals surface area contributed by atoms with Crippen molar-refractivity contribution in [2.45, 2.75) is 64.5 Å². The summed E-state index contributed by atoms with van der Waals surface area (Å²) in [5, 5.41) is 4.62. The van der Waals surface area contributed by atoms with Crippen molar-refractivity contribution in [3.05, 3.63) is 10.6 Å². The minimum absolute atomic E-state index is 0.411. The Balaban J connectivity index is 1.80. The summed E-state index contributed by atoms with van der Waals surface area (Å²) < 4.78 is 0. The summed E-state index contributed by atoms with van der Waals surface area (Å²) in [7, 11) is 2.03. The minimum Gasteiger partial charge on any atom is -0.345 e. The van der Waals surface area contributed by atoms with Crippen molar-refractivity contribution in [2.24, 2.45) is 5.92 Å². The maximum absolute atomic E-state index is 4.89. The summed E-state index contributed by atoms with van der Waals surface area (Å²) in [6.45, 7) is 5.59. The molecule has 2 aliphatic rings. The molecule has 3 nitrogen and oxygen atoms in total. The van der Waals surface area contributed by atoms with Crippen LogP contribution >= 0.6 is 11.3 Å². The zero-order chi connectivity index (χ0) is 14.1. The van der Waals surface area contributed by atoms with Crippen molar-refractivity contribution in [1.29, 1.82) is 0 Å². The standard InChI is InChI=1S/C16H27N3S/c1-11(17-3)15-12(2)18-16(20-15)19-10-6-9-14(19)13-7-4-5-8-13/h11,13-14,17H,4-10H2,1-3H3. The van der Waals surface area contributed by atoms with E-state index in [1.807, 2.05) is 18.4 Å². The smallest absolute Gasteiger partial charge is 0.186 e. The predicted molar refractivity (Wildman–Crippen MR) is 86.7 cm³/mol. The molecule has 112 valence electrons. The molecule has 1 N–H and O–H groups in total. The third-order valence-electron chi connectivity index (χ3n) is 5.14. The van der Waals surface area contributed by atoms with Crippen LogP contribution in [-0.4, -0.2) is 24.6 Å². The van der Waals surface area contributed by atoms with Gasteiger partial charge in [-0.25, -0.2) is 4.98 Å². The quantitative estimate of drug-likeness (QED) is 0.913. The Morgan fingerprint density at radius 2 is 2.00 bits per heavy atom. The Hall–Kier alpha value is -0.610. The molecule has 1 aliphatic heterocycles. The molecule has 0 radical (unpaired) electrons. The van der Waals surface area contributed by atoms with E-state index >= 15 is 0 Å². The molecule has 3 rings (SSSR count). The lowest BCUT2D eigenvalue weighted by molar-refractivity contribution is 0.430. The monoisotopic (exact) mass is 293 g/mol. The van der Waals surface area contributed by atoms with Gasteiger partial charge in [0.25, 0.3) is 0 Å². The molecule has 1 aliphatic carbocycles. The molecule has 2 unspecified atom stereocenters. The van der Waals surface area contributed by atoms with Gasteiger partial charge in [-0.1, -0.05) is 12.8 Å². The van der Waals surface area contributed by atoms with Crippen LogP contribution in [-0.2, 0) is 0 Å². The lowest BCUT2D eigenvalue weighted by Crippen LogP contribution is -2.34. The summed E-state index contributed by atoms with van der Waals surface area (Å²) in [6.07, 6.45) is 8.47. The SMILES string of the molecule is CNC(C)c1sc(N2CCCC2C2CCCC2)nc1C. The molecule has 0 spiro atoms. The second kappa shape index (κ2) is 6.02. The second-order valence-electron chi connectivity index (χ2n) is 6.40. The van der Waals surface area contributed by atoms with Crippen LogP contribution in [0.4, 0.5) is 5.13 Å². The molecule has 2 atom stereocenters. The van der Waals surface area contributed by atoms with Crippen molar-refractivity contribution in [2.75, 3.05) is 18.5 Å². The molecule has 1 saturated carbocycles. The average Bonchev–Trinajstić information content (AvgIpc) is 3.16. The van der Waals surface area contributed by atoms with E-state index in [1.54, 1.807) is 0 Å². The normalized spacial score (nSPS) is 25.6. The number of nitrogens with one attached hydrogen (secondary N) is 1. The number of aromatic nitrogens is 1. The van der Waals surface area contributed by atoms with Crippen LogP contribution in [0.2, 0.25) is 0 Å². The van der Waals surface area contributed by atoms with Crippen LogP contribution in [0.25, 0.3) is 0 Å². The Bertz CT molecular complexity index is 451. The van der Waals surface area contributed by atoms with E-state index in [1.165, 1.54) is 60.8 Å². The lowest BCUT2D eigenvalue weighted by Gasteiger charge is -2.29. The maximum Gasteiger partial charge on any atom is 0.186 e. The zero-order valence-corrected chi connectivity index (χ0v) is 13.8. The predicted octanol–water partition coefficient (Wildman–Crippen LogP) is 3.89. The average molecular weight is 293 g/mol. The lowest BCUT2D eigenvalue weighted by atomic mass is 9.96. The summed E-state index contributed by atoms with van der Waals surface area (Å²) in [5.41, 5.74) is 1.21. The largest absolute Gasteiger partial charge is 0.345 e. The van der Waals surface area contributed by atoms with Crippen molar-refractivity contribution in [3.8, 4) is 0 Å². The first-order valence-electron chi connectivity index (χ1n) is 8.12. The van der Waals surface area contributed by atoms with Crippen LogP contribution < -0.4 is 10.2 Å². The summed E-state index contributed by atoms with van der Waals surface area (Å²) in [6, 6.07) is 1.18. The zero-order valence-electron chi connectivity index (χ0n) is 13.0. The molecule has 1 aromatic heterocycles. The Morgan fingerprint density at radius 1 is 1.25 bits per heavy atom. The molecule has 1 aromatic rings. The molecule has 20 heavy (non-hydrogen) atoms. The highest BCUT2D eigenvalue weighted by atomic mass is 32.1. The van der Waals surface area contributed by atoms with Gasteiger partial charge in [0.2, 0.25) is 0 Å². The topological polar surface area (TPSA) is 28.2 Å².